The molecule has 0 aromatic rings. The van der Waals surface area contributed by atoms with Crippen molar-refractivity contribution in [1.29, 1.82) is 0 Å². The molecule has 0 bridgehead atoms. The predicted octanol–water partition coefficient (Wildman–Crippen LogP) is 0.483. The Morgan fingerprint density at radius 3 is 2.62 bits per heavy atom. The number of hydrogen-bond acceptors (Lipinski definition) is 2. The zero-order valence-electron chi connectivity index (χ0n) is 4.48. The number of hydrogen-bond donors (Lipinski definition) is 1. The van der Waals surface area contributed by atoms with Crippen molar-refractivity contribution in [3.05, 3.63) is 10.9 Å². The zero-order valence-corrected chi connectivity index (χ0v) is 6.79. The van der Waals surface area contributed by atoms with E-state index in [9.17, 15) is 0 Å². The first-order valence-corrected chi connectivity index (χ1v) is 3.58. The van der Waals surface area contributed by atoms with Crippen molar-refractivity contribution in [3.63, 3.8) is 0 Å². The highest BCUT2D eigenvalue weighted by atomic mass is 31.1. The van der Waals surface area contributed by atoms with E-state index in [0.29, 0.717) is 0 Å². The van der Waals surface area contributed by atoms with Gasteiger partial charge in [-0.3, -0.25) is 0 Å². The summed E-state index contributed by atoms with van der Waals surface area (Å²) in [6, 6.07) is 0. The smallest absolute Gasteiger partial charge is 0.194 e. The molecule has 1 heterocycles. The Bertz CT molecular complexity index is 111. The normalized spacial score (nSPS) is 17.5. The number of rotatable bonds is 0. The average molecular weight is 149 g/mol. The van der Waals surface area contributed by atoms with Crippen LogP contribution in [0.3, 0.4) is 0 Å². The summed E-state index contributed by atoms with van der Waals surface area (Å²) in [4.78, 5) is 0. The van der Waals surface area contributed by atoms with E-state index in [1.807, 2.05) is 0 Å². The quantitative estimate of drug-likeness (QED) is 0.506. The minimum atomic E-state index is 0.793. The SMILES string of the molecule is PC(P)=C1NCCO1. The molecule has 1 N–H and O–H groups in total. The Morgan fingerprint density at radius 1 is 1.62 bits per heavy atom. The van der Waals surface area contributed by atoms with Crippen LogP contribution in [-0.4, -0.2) is 13.2 Å². The third-order valence-corrected chi connectivity index (χ3v) is 1.42. The van der Waals surface area contributed by atoms with E-state index in [0.717, 1.165) is 24.1 Å². The van der Waals surface area contributed by atoms with Gasteiger partial charge in [-0.25, -0.2) is 0 Å². The molecule has 1 saturated heterocycles. The van der Waals surface area contributed by atoms with E-state index in [1.54, 1.807) is 0 Å². The minimum Gasteiger partial charge on any atom is -0.477 e. The van der Waals surface area contributed by atoms with Gasteiger partial charge >= 0.3 is 0 Å². The van der Waals surface area contributed by atoms with Gasteiger partial charge in [-0.05, 0) is 0 Å². The Kier molecular flexibility index (Phi) is 2.10. The second kappa shape index (κ2) is 2.66. The Morgan fingerprint density at radius 2 is 2.38 bits per heavy atom. The van der Waals surface area contributed by atoms with Crippen LogP contribution in [0.2, 0.25) is 0 Å². The standard InChI is InChI=1S/C4H9NOP2/c7-4(8)3-5-1-2-6-3/h5H,1-2,7-8H2. The second-order valence-corrected chi connectivity index (χ2v) is 3.47. The topological polar surface area (TPSA) is 21.3 Å². The van der Waals surface area contributed by atoms with E-state index >= 15 is 0 Å². The molecule has 1 fully saturated rings. The lowest BCUT2D eigenvalue weighted by Crippen LogP contribution is -2.04. The number of ether oxygens (including phenoxy) is 1. The predicted molar refractivity (Wildman–Crippen MR) is 40.4 cm³/mol. The van der Waals surface area contributed by atoms with Gasteiger partial charge in [-0.2, -0.15) is 0 Å². The molecule has 0 radical (unpaired) electrons. The van der Waals surface area contributed by atoms with Crippen LogP contribution in [0.1, 0.15) is 0 Å². The second-order valence-electron chi connectivity index (χ2n) is 1.56. The molecule has 8 heavy (non-hydrogen) atoms. The summed E-state index contributed by atoms with van der Waals surface area (Å²) in [7, 11) is 5.11. The van der Waals surface area contributed by atoms with Crippen LogP contribution in [-0.2, 0) is 4.74 Å². The zero-order chi connectivity index (χ0) is 5.98. The van der Waals surface area contributed by atoms with Gasteiger partial charge in [0, 0.05) is 5.06 Å². The van der Waals surface area contributed by atoms with Crippen LogP contribution >= 0.6 is 18.5 Å². The van der Waals surface area contributed by atoms with Gasteiger partial charge < -0.3 is 10.1 Å². The van der Waals surface area contributed by atoms with Gasteiger partial charge in [-0.1, -0.05) is 18.5 Å². The molecule has 4 heteroatoms. The molecule has 0 aromatic heterocycles. The summed E-state index contributed by atoms with van der Waals surface area (Å²) in [6.07, 6.45) is 0. The molecule has 1 aliphatic heterocycles. The Hall–Kier alpha value is 0.200. The molecule has 1 aliphatic rings. The van der Waals surface area contributed by atoms with Crippen LogP contribution in [0.5, 0.6) is 0 Å². The van der Waals surface area contributed by atoms with Crippen molar-refractivity contribution in [2.45, 2.75) is 0 Å². The first kappa shape index (κ1) is 6.32. The van der Waals surface area contributed by atoms with Crippen molar-refractivity contribution in [2.75, 3.05) is 13.2 Å². The maximum atomic E-state index is 5.14. The van der Waals surface area contributed by atoms with Gasteiger partial charge in [0.05, 0.1) is 6.54 Å². The summed E-state index contributed by atoms with van der Waals surface area (Å²) in [6.45, 7) is 1.73. The van der Waals surface area contributed by atoms with Gasteiger partial charge in [0.15, 0.2) is 5.88 Å². The average Bonchev–Trinajstić information content (AvgIpc) is 2.12. The molecule has 2 unspecified atom stereocenters. The van der Waals surface area contributed by atoms with E-state index in [2.05, 4.69) is 23.8 Å². The fourth-order valence-electron chi connectivity index (χ4n) is 0.554. The molecule has 2 nitrogen and oxygen atoms in total. The third-order valence-electron chi connectivity index (χ3n) is 0.896. The molecule has 0 aliphatic carbocycles. The summed E-state index contributed by atoms with van der Waals surface area (Å²) in [5.74, 6) is 0.889. The van der Waals surface area contributed by atoms with Crippen LogP contribution in [0, 0.1) is 0 Å². The fourth-order valence-corrected chi connectivity index (χ4v) is 0.925. The maximum Gasteiger partial charge on any atom is 0.194 e. The third kappa shape index (κ3) is 1.34. The van der Waals surface area contributed by atoms with Gasteiger partial charge in [-0.15, -0.1) is 0 Å². The van der Waals surface area contributed by atoms with E-state index in [1.165, 1.54) is 0 Å². The maximum absolute atomic E-state index is 5.14. The molecule has 0 spiro atoms. The van der Waals surface area contributed by atoms with E-state index < -0.39 is 0 Å². The number of nitrogens with one attached hydrogen (secondary N) is 1. The fraction of sp³-hybridized carbons (Fsp3) is 0.500. The van der Waals surface area contributed by atoms with Crippen molar-refractivity contribution >= 4 is 18.5 Å². The lowest BCUT2D eigenvalue weighted by Gasteiger charge is -1.97. The molecule has 0 amide bonds. The summed E-state index contributed by atoms with van der Waals surface area (Å²) < 4.78 is 5.14. The largest absolute Gasteiger partial charge is 0.477 e. The van der Waals surface area contributed by atoms with Crippen molar-refractivity contribution in [3.8, 4) is 0 Å². The first-order chi connectivity index (χ1) is 3.80. The van der Waals surface area contributed by atoms with Gasteiger partial charge in [0.2, 0.25) is 0 Å². The van der Waals surface area contributed by atoms with Crippen LogP contribution in [0.15, 0.2) is 10.9 Å². The first-order valence-electron chi connectivity index (χ1n) is 2.42. The van der Waals surface area contributed by atoms with E-state index in [4.69, 9.17) is 4.74 Å². The highest BCUT2D eigenvalue weighted by Gasteiger charge is 2.05. The van der Waals surface area contributed by atoms with Crippen LogP contribution in [0.25, 0.3) is 0 Å². The van der Waals surface area contributed by atoms with Crippen molar-refractivity contribution < 1.29 is 4.74 Å². The van der Waals surface area contributed by atoms with Crippen LogP contribution in [0.4, 0.5) is 0 Å². The molecule has 0 aromatic carbocycles. The molecule has 0 saturated carbocycles. The molecule has 1 rings (SSSR count). The van der Waals surface area contributed by atoms with Gasteiger partial charge in [0.1, 0.15) is 6.61 Å². The molecule has 46 valence electrons. The Balaban J connectivity index is 2.58. The molecule has 2 atom stereocenters. The summed E-state index contributed by atoms with van der Waals surface area (Å²) >= 11 is 0. The summed E-state index contributed by atoms with van der Waals surface area (Å²) in [5.41, 5.74) is 0. The monoisotopic (exact) mass is 149 g/mol. The molecular formula is C4H9NOP2. The minimum absolute atomic E-state index is 0.793. The molecular weight excluding hydrogens is 140 g/mol. The van der Waals surface area contributed by atoms with Gasteiger partial charge in [0.25, 0.3) is 0 Å². The lowest BCUT2D eigenvalue weighted by atomic mass is 10.7. The lowest BCUT2D eigenvalue weighted by molar-refractivity contribution is 0.266. The van der Waals surface area contributed by atoms with Crippen molar-refractivity contribution in [1.82, 2.24) is 5.32 Å². The highest BCUT2D eigenvalue weighted by molar-refractivity contribution is 7.45. The van der Waals surface area contributed by atoms with E-state index in [-0.39, 0.29) is 0 Å². The van der Waals surface area contributed by atoms with Crippen LogP contribution < -0.4 is 5.32 Å². The highest BCUT2D eigenvalue weighted by Crippen LogP contribution is 2.20. The summed E-state index contributed by atoms with van der Waals surface area (Å²) in [5, 5.41) is 4.13. The van der Waals surface area contributed by atoms with Crippen molar-refractivity contribution in [2.24, 2.45) is 0 Å². The Labute approximate surface area is 53.5 Å².